The van der Waals surface area contributed by atoms with Crippen LogP contribution in [-0.4, -0.2) is 57.4 Å². The van der Waals surface area contributed by atoms with Crippen molar-refractivity contribution >= 4 is 40.6 Å². The normalized spacial score (nSPS) is 17.5. The highest BCUT2D eigenvalue weighted by Crippen LogP contribution is 2.38. The number of rotatable bonds is 8. The van der Waals surface area contributed by atoms with Gasteiger partial charge in [-0.15, -0.1) is 11.8 Å². The standard InChI is InChI=1S/C27H34N6O2S/c1-3-6-17-13-23(31-27-24(17)25(28)18(15-34)16-36-27)33-11-9-19(10-12-33)29-14-22(35)26-30-20-7-4-5-8-21(20)32(26)2/h4-5,7-8,13,15,19,22,29,35H,3,6,9-12,14,16,28H2,1-2H3. The highest BCUT2D eigenvalue weighted by Gasteiger charge is 2.26. The fraction of sp³-hybridized carbons (Fsp3) is 0.444. The minimum Gasteiger partial charge on any atom is -0.398 e. The molecule has 3 aromatic rings. The topological polar surface area (TPSA) is 109 Å². The molecule has 1 aromatic carbocycles. The molecule has 2 aromatic heterocycles. The van der Waals surface area contributed by atoms with Crippen molar-refractivity contribution in [3.8, 4) is 0 Å². The largest absolute Gasteiger partial charge is 0.398 e. The number of nitrogens with zero attached hydrogens (tertiary/aromatic N) is 4. The second-order valence-electron chi connectivity index (χ2n) is 9.62. The number of carbonyl (C=O) groups excluding carboxylic acids is 1. The van der Waals surface area contributed by atoms with Gasteiger partial charge in [-0.3, -0.25) is 4.79 Å². The van der Waals surface area contributed by atoms with E-state index in [4.69, 9.17) is 10.7 Å². The van der Waals surface area contributed by atoms with Gasteiger partial charge in [0.15, 0.2) is 0 Å². The van der Waals surface area contributed by atoms with Gasteiger partial charge < -0.3 is 25.6 Å². The van der Waals surface area contributed by atoms with Crippen molar-refractivity contribution in [1.82, 2.24) is 19.9 Å². The smallest absolute Gasteiger partial charge is 0.148 e. The van der Waals surface area contributed by atoms with Crippen LogP contribution in [0.5, 0.6) is 0 Å². The maximum atomic E-state index is 11.4. The van der Waals surface area contributed by atoms with Crippen LogP contribution in [-0.2, 0) is 18.3 Å². The summed E-state index contributed by atoms with van der Waals surface area (Å²) in [4.78, 5) is 23.3. The van der Waals surface area contributed by atoms with E-state index in [2.05, 4.69) is 28.2 Å². The summed E-state index contributed by atoms with van der Waals surface area (Å²) in [6.45, 7) is 4.42. The number of piperidine rings is 1. The van der Waals surface area contributed by atoms with E-state index >= 15 is 0 Å². The van der Waals surface area contributed by atoms with Gasteiger partial charge in [0.05, 0.1) is 11.0 Å². The number of aryl methyl sites for hydroxylation is 2. The summed E-state index contributed by atoms with van der Waals surface area (Å²) in [6.07, 6.45) is 4.07. The zero-order chi connectivity index (χ0) is 25.2. The Balaban J connectivity index is 1.23. The molecule has 4 heterocycles. The summed E-state index contributed by atoms with van der Waals surface area (Å²) in [6, 6.07) is 10.4. The monoisotopic (exact) mass is 506 g/mol. The molecule has 2 aliphatic rings. The number of aliphatic hydroxyl groups excluding tert-OH is 1. The van der Waals surface area contributed by atoms with Crippen LogP contribution >= 0.6 is 11.8 Å². The maximum Gasteiger partial charge on any atom is 0.148 e. The lowest BCUT2D eigenvalue weighted by Crippen LogP contribution is -2.44. The quantitative estimate of drug-likeness (QED) is 0.400. The van der Waals surface area contributed by atoms with Gasteiger partial charge in [0, 0.05) is 55.3 Å². The van der Waals surface area contributed by atoms with Crippen molar-refractivity contribution < 1.29 is 9.90 Å². The Hall–Kier alpha value is -2.88. The average Bonchev–Trinajstić information content (AvgIpc) is 3.24. The van der Waals surface area contributed by atoms with Gasteiger partial charge in [-0.05, 0) is 43.0 Å². The number of aldehydes is 1. The molecule has 1 unspecified atom stereocenters. The van der Waals surface area contributed by atoms with Gasteiger partial charge in [0.1, 0.15) is 29.1 Å². The van der Waals surface area contributed by atoms with Crippen molar-refractivity contribution in [2.24, 2.45) is 12.8 Å². The Morgan fingerprint density at radius 2 is 2.06 bits per heavy atom. The molecule has 8 nitrogen and oxygen atoms in total. The lowest BCUT2D eigenvalue weighted by atomic mass is 9.99. The van der Waals surface area contributed by atoms with E-state index in [1.165, 1.54) is 5.56 Å². The predicted octanol–water partition coefficient (Wildman–Crippen LogP) is 3.19. The summed E-state index contributed by atoms with van der Waals surface area (Å²) in [7, 11) is 1.95. The van der Waals surface area contributed by atoms with Crippen molar-refractivity contribution in [2.45, 2.75) is 49.8 Å². The lowest BCUT2D eigenvalue weighted by Gasteiger charge is -2.34. The molecule has 9 heteroatoms. The molecule has 0 amide bonds. The number of hydrogen-bond acceptors (Lipinski definition) is 8. The molecule has 5 rings (SSSR count). The number of imidazole rings is 1. The number of anilines is 1. The highest BCUT2D eigenvalue weighted by atomic mass is 32.2. The number of aliphatic hydroxyl groups is 1. The van der Waals surface area contributed by atoms with Crippen LogP contribution in [0.2, 0.25) is 0 Å². The zero-order valence-corrected chi connectivity index (χ0v) is 21.7. The average molecular weight is 507 g/mol. The van der Waals surface area contributed by atoms with E-state index in [0.717, 1.165) is 72.5 Å². The Morgan fingerprint density at radius 3 is 2.78 bits per heavy atom. The Morgan fingerprint density at radius 1 is 1.28 bits per heavy atom. The summed E-state index contributed by atoms with van der Waals surface area (Å²) in [5.74, 6) is 2.25. The minimum atomic E-state index is -0.661. The van der Waals surface area contributed by atoms with E-state index in [9.17, 15) is 9.90 Å². The fourth-order valence-electron chi connectivity index (χ4n) is 5.21. The molecule has 4 N–H and O–H groups in total. The van der Waals surface area contributed by atoms with Crippen molar-refractivity contribution in [3.63, 3.8) is 0 Å². The molecular weight excluding hydrogens is 472 g/mol. The van der Waals surface area contributed by atoms with Crippen LogP contribution in [0.25, 0.3) is 16.7 Å². The molecule has 0 spiro atoms. The first-order valence-corrected chi connectivity index (χ1v) is 13.7. The number of hydrogen-bond donors (Lipinski definition) is 3. The summed E-state index contributed by atoms with van der Waals surface area (Å²) < 4.78 is 1.97. The summed E-state index contributed by atoms with van der Waals surface area (Å²) >= 11 is 1.60. The predicted molar refractivity (Wildman–Crippen MR) is 145 cm³/mol. The molecule has 0 aliphatic carbocycles. The first kappa shape index (κ1) is 24.8. The molecule has 0 radical (unpaired) electrons. The van der Waals surface area contributed by atoms with Crippen LogP contribution < -0.4 is 16.0 Å². The number of aromatic nitrogens is 3. The van der Waals surface area contributed by atoms with Gasteiger partial charge in [-0.2, -0.15) is 0 Å². The van der Waals surface area contributed by atoms with Gasteiger partial charge in [-0.25, -0.2) is 9.97 Å². The molecule has 0 bridgehead atoms. The summed E-state index contributed by atoms with van der Waals surface area (Å²) in [5, 5.41) is 15.3. The Bertz CT molecular complexity index is 1290. The molecule has 1 atom stereocenters. The van der Waals surface area contributed by atoms with Crippen LogP contribution in [0.1, 0.15) is 49.2 Å². The Labute approximate surface area is 216 Å². The SMILES string of the molecule is CCCc1cc(N2CCC(NCC(O)c3nc4ccccc4n3C)CC2)nc2c1C(N)=C(C=O)CS2. The third-order valence-corrected chi connectivity index (χ3v) is 8.26. The number of benzene rings is 1. The van der Waals surface area contributed by atoms with Crippen LogP contribution in [0.15, 0.2) is 40.9 Å². The van der Waals surface area contributed by atoms with Crippen molar-refractivity contribution in [2.75, 3.05) is 30.3 Å². The van der Waals surface area contributed by atoms with Gasteiger partial charge in [0.25, 0.3) is 0 Å². The summed E-state index contributed by atoms with van der Waals surface area (Å²) in [5.41, 5.74) is 11.7. The number of para-hydroxylation sites is 2. The van der Waals surface area contributed by atoms with Crippen molar-refractivity contribution in [1.29, 1.82) is 0 Å². The van der Waals surface area contributed by atoms with Crippen LogP contribution in [0.3, 0.4) is 0 Å². The number of carbonyl (C=O) groups is 1. The van der Waals surface area contributed by atoms with Gasteiger partial charge in [-0.1, -0.05) is 25.5 Å². The number of fused-ring (bicyclic) bond motifs is 2. The number of pyridine rings is 1. The molecule has 36 heavy (non-hydrogen) atoms. The molecule has 0 saturated carbocycles. The van der Waals surface area contributed by atoms with E-state index in [1.54, 1.807) is 11.8 Å². The van der Waals surface area contributed by atoms with E-state index in [0.29, 0.717) is 35.4 Å². The van der Waals surface area contributed by atoms with Crippen molar-refractivity contribution in [3.05, 3.63) is 52.9 Å². The molecular formula is C27H34N6O2S. The molecule has 1 saturated heterocycles. The number of nitrogens with two attached hydrogens (primary N) is 1. The van der Waals surface area contributed by atoms with Gasteiger partial charge in [0.2, 0.25) is 0 Å². The third-order valence-electron chi connectivity index (χ3n) is 7.23. The maximum absolute atomic E-state index is 11.4. The van der Waals surface area contributed by atoms with E-state index in [1.807, 2.05) is 35.9 Å². The second kappa shape index (κ2) is 10.6. The Kier molecular flexibility index (Phi) is 7.32. The first-order chi connectivity index (χ1) is 17.5. The van der Waals surface area contributed by atoms with E-state index < -0.39 is 6.10 Å². The number of thioether (sulfide) groups is 1. The second-order valence-corrected chi connectivity index (χ2v) is 10.6. The van der Waals surface area contributed by atoms with Crippen LogP contribution in [0, 0.1) is 0 Å². The zero-order valence-electron chi connectivity index (χ0n) is 20.9. The third kappa shape index (κ3) is 4.75. The number of nitrogens with one attached hydrogen (secondary N) is 1. The molecule has 190 valence electrons. The first-order valence-electron chi connectivity index (χ1n) is 12.7. The highest BCUT2D eigenvalue weighted by molar-refractivity contribution is 7.99. The minimum absolute atomic E-state index is 0.335. The van der Waals surface area contributed by atoms with Gasteiger partial charge >= 0.3 is 0 Å². The van der Waals surface area contributed by atoms with Crippen LogP contribution in [0.4, 0.5) is 5.82 Å². The fourth-order valence-corrected chi connectivity index (χ4v) is 6.26. The van der Waals surface area contributed by atoms with E-state index in [-0.39, 0.29) is 0 Å². The lowest BCUT2D eigenvalue weighted by molar-refractivity contribution is -0.104. The molecule has 1 fully saturated rings. The molecule has 2 aliphatic heterocycles.